The minimum absolute atomic E-state index is 0.156. The molecular weight excluding hydrogens is 432 g/mol. The molecule has 0 aliphatic carbocycles. The molecule has 0 N–H and O–H groups in total. The summed E-state index contributed by atoms with van der Waals surface area (Å²) in [5.74, 6) is 2.11. The highest BCUT2D eigenvalue weighted by Crippen LogP contribution is 2.35. The normalized spacial score (nSPS) is 13.0. The average molecular weight is 452 g/mol. The molecule has 0 bridgehead atoms. The Labute approximate surface area is 184 Å². The van der Waals surface area contributed by atoms with E-state index in [0.29, 0.717) is 44.9 Å². The maximum absolute atomic E-state index is 13.0. The van der Waals surface area contributed by atoms with Crippen LogP contribution in [0.5, 0.6) is 11.5 Å². The van der Waals surface area contributed by atoms with Gasteiger partial charge in [-0.3, -0.25) is 0 Å². The minimum Gasteiger partial charge on any atom is -0.455 e. The van der Waals surface area contributed by atoms with E-state index in [-0.39, 0.29) is 18.4 Å². The fourth-order valence-electron chi connectivity index (χ4n) is 3.58. The molecule has 4 aromatic rings. The number of aryl methyl sites for hydroxylation is 3. The number of hydrogen-bond acceptors (Lipinski definition) is 8. The topological polar surface area (TPSA) is 105 Å². The molecular formula is C23H20N2O6S. The highest BCUT2D eigenvalue weighted by molar-refractivity contribution is 7.90. The lowest BCUT2D eigenvalue weighted by molar-refractivity contribution is 0.174. The first-order valence-electron chi connectivity index (χ1n) is 9.93. The van der Waals surface area contributed by atoms with Gasteiger partial charge in [-0.1, -0.05) is 11.2 Å². The van der Waals surface area contributed by atoms with E-state index in [1.54, 1.807) is 43.3 Å². The third-order valence-electron chi connectivity index (χ3n) is 5.39. The average Bonchev–Trinajstić information content (AvgIpc) is 3.49. The van der Waals surface area contributed by atoms with Crippen LogP contribution >= 0.6 is 0 Å². The second-order valence-corrected chi connectivity index (χ2v) is 9.68. The van der Waals surface area contributed by atoms with E-state index in [9.17, 15) is 8.42 Å². The van der Waals surface area contributed by atoms with Gasteiger partial charge in [-0.15, -0.1) is 0 Å². The highest BCUT2D eigenvalue weighted by Gasteiger charge is 2.23. The van der Waals surface area contributed by atoms with Crippen molar-refractivity contribution < 1.29 is 26.8 Å². The fraction of sp³-hybridized carbons (Fsp3) is 0.217. The Morgan fingerprint density at radius 2 is 1.69 bits per heavy atom. The van der Waals surface area contributed by atoms with E-state index in [2.05, 4.69) is 10.1 Å². The molecule has 0 unspecified atom stereocenters. The molecule has 2 aromatic carbocycles. The quantitative estimate of drug-likeness (QED) is 0.432. The molecule has 8 nitrogen and oxygen atoms in total. The molecule has 0 saturated heterocycles. The van der Waals surface area contributed by atoms with Crippen LogP contribution in [0.3, 0.4) is 0 Å². The number of hydrogen-bond donors (Lipinski definition) is 0. The van der Waals surface area contributed by atoms with Crippen molar-refractivity contribution in [3.05, 3.63) is 64.9 Å². The molecule has 3 heterocycles. The van der Waals surface area contributed by atoms with Crippen molar-refractivity contribution in [3.63, 3.8) is 0 Å². The van der Waals surface area contributed by atoms with Gasteiger partial charge in [-0.2, -0.15) is 4.98 Å². The lowest BCUT2D eigenvalue weighted by Gasteiger charge is -2.10. The molecule has 0 saturated carbocycles. The van der Waals surface area contributed by atoms with Crippen molar-refractivity contribution >= 4 is 9.84 Å². The number of fused-ring (bicyclic) bond motifs is 1. The summed E-state index contributed by atoms with van der Waals surface area (Å²) in [6, 6.07) is 12.2. The first-order valence-corrected chi connectivity index (χ1v) is 11.6. The molecule has 0 spiro atoms. The number of furan rings is 1. The zero-order chi connectivity index (χ0) is 22.5. The largest absolute Gasteiger partial charge is 0.455 e. The van der Waals surface area contributed by atoms with Crippen LogP contribution in [0, 0.1) is 20.8 Å². The van der Waals surface area contributed by atoms with Crippen LogP contribution in [-0.4, -0.2) is 25.4 Å². The fourth-order valence-corrected chi connectivity index (χ4v) is 5.17. The van der Waals surface area contributed by atoms with E-state index in [4.69, 9.17) is 18.4 Å². The van der Waals surface area contributed by atoms with Crippen LogP contribution in [0.2, 0.25) is 0 Å². The van der Waals surface area contributed by atoms with Crippen LogP contribution in [0.1, 0.15) is 22.5 Å². The molecule has 164 valence electrons. The van der Waals surface area contributed by atoms with Crippen molar-refractivity contribution in [2.75, 3.05) is 6.79 Å². The second-order valence-electron chi connectivity index (χ2n) is 7.72. The zero-order valence-corrected chi connectivity index (χ0v) is 18.5. The van der Waals surface area contributed by atoms with Crippen LogP contribution in [-0.2, 0) is 15.6 Å². The summed E-state index contributed by atoms with van der Waals surface area (Å²) in [5, 5.41) is 3.99. The smallest absolute Gasteiger partial charge is 0.293 e. The van der Waals surface area contributed by atoms with Gasteiger partial charge in [0.25, 0.3) is 5.89 Å². The maximum atomic E-state index is 13.0. The van der Waals surface area contributed by atoms with Gasteiger partial charge in [-0.25, -0.2) is 8.42 Å². The molecule has 0 atom stereocenters. The summed E-state index contributed by atoms with van der Waals surface area (Å²) in [5.41, 5.74) is 3.39. The molecule has 0 radical (unpaired) electrons. The van der Waals surface area contributed by atoms with Gasteiger partial charge in [0.2, 0.25) is 12.6 Å². The van der Waals surface area contributed by atoms with Crippen molar-refractivity contribution in [3.8, 4) is 34.5 Å². The van der Waals surface area contributed by atoms with E-state index < -0.39 is 9.84 Å². The van der Waals surface area contributed by atoms with Gasteiger partial charge < -0.3 is 18.4 Å². The number of nitrogens with zero attached hydrogens (tertiary/aromatic N) is 2. The van der Waals surface area contributed by atoms with Crippen molar-refractivity contribution in [2.24, 2.45) is 0 Å². The summed E-state index contributed by atoms with van der Waals surface area (Å²) in [4.78, 5) is 4.67. The molecule has 0 amide bonds. The Hall–Kier alpha value is -3.59. The summed E-state index contributed by atoms with van der Waals surface area (Å²) in [6.45, 7) is 5.82. The third kappa shape index (κ3) is 3.64. The van der Waals surface area contributed by atoms with Gasteiger partial charge in [0.15, 0.2) is 27.1 Å². The summed E-state index contributed by atoms with van der Waals surface area (Å²) >= 11 is 0. The van der Waals surface area contributed by atoms with Gasteiger partial charge in [-0.05, 0) is 73.9 Å². The molecule has 1 aliphatic heterocycles. The van der Waals surface area contributed by atoms with Crippen molar-refractivity contribution in [1.29, 1.82) is 0 Å². The lowest BCUT2D eigenvalue weighted by Crippen LogP contribution is -2.07. The molecule has 2 aromatic heterocycles. The zero-order valence-electron chi connectivity index (χ0n) is 17.7. The molecule has 32 heavy (non-hydrogen) atoms. The van der Waals surface area contributed by atoms with Gasteiger partial charge >= 0.3 is 0 Å². The first kappa shape index (κ1) is 20.3. The Kier molecular flexibility index (Phi) is 4.78. The van der Waals surface area contributed by atoms with E-state index in [1.807, 2.05) is 19.9 Å². The molecule has 5 rings (SSSR count). The Bertz CT molecular complexity index is 1430. The Morgan fingerprint density at radius 3 is 2.53 bits per heavy atom. The molecule has 0 fully saturated rings. The number of sulfone groups is 1. The standard InChI is InChI=1S/C23H20N2O6S/c1-13-8-15(3)21(9-14(13)2)32(26,27)11-17-5-7-19(30-17)23-24-22(25-31-23)16-4-6-18-20(10-16)29-12-28-18/h4-10H,11-12H2,1-3H3. The van der Waals surface area contributed by atoms with Gasteiger partial charge in [0.05, 0.1) is 4.90 Å². The van der Waals surface area contributed by atoms with E-state index in [1.165, 1.54) is 0 Å². The monoisotopic (exact) mass is 452 g/mol. The SMILES string of the molecule is Cc1cc(C)c(S(=O)(=O)Cc2ccc(-c3nc(-c4ccc5c(c4)OCO5)no3)o2)cc1C. The first-order chi connectivity index (χ1) is 15.3. The van der Waals surface area contributed by atoms with E-state index in [0.717, 1.165) is 11.1 Å². The predicted octanol–water partition coefficient (Wildman–Crippen LogP) is 4.62. The van der Waals surface area contributed by atoms with Crippen molar-refractivity contribution in [1.82, 2.24) is 10.1 Å². The predicted molar refractivity (Wildman–Crippen MR) is 115 cm³/mol. The Morgan fingerprint density at radius 1 is 0.906 bits per heavy atom. The minimum atomic E-state index is -3.58. The number of benzene rings is 2. The van der Waals surface area contributed by atoms with E-state index >= 15 is 0 Å². The van der Waals surface area contributed by atoms with Crippen LogP contribution in [0.4, 0.5) is 0 Å². The second kappa shape index (κ2) is 7.52. The Balaban J connectivity index is 1.38. The van der Waals surface area contributed by atoms with Gasteiger partial charge in [0.1, 0.15) is 11.5 Å². The highest BCUT2D eigenvalue weighted by atomic mass is 32.2. The molecule has 9 heteroatoms. The summed E-state index contributed by atoms with van der Waals surface area (Å²) in [7, 11) is -3.58. The summed E-state index contributed by atoms with van der Waals surface area (Å²) < 4.78 is 47.7. The van der Waals surface area contributed by atoms with Crippen LogP contribution in [0.15, 0.2) is 56.3 Å². The van der Waals surface area contributed by atoms with Crippen LogP contribution in [0.25, 0.3) is 23.0 Å². The number of aromatic nitrogens is 2. The van der Waals surface area contributed by atoms with Crippen molar-refractivity contribution in [2.45, 2.75) is 31.4 Å². The third-order valence-corrected chi connectivity index (χ3v) is 7.16. The van der Waals surface area contributed by atoms with Gasteiger partial charge in [0, 0.05) is 5.56 Å². The summed E-state index contributed by atoms with van der Waals surface area (Å²) in [6.07, 6.45) is 0. The lowest BCUT2D eigenvalue weighted by atomic mass is 10.1. The number of rotatable bonds is 5. The van der Waals surface area contributed by atoms with Crippen LogP contribution < -0.4 is 9.47 Å². The maximum Gasteiger partial charge on any atom is 0.293 e. The molecule has 1 aliphatic rings. The number of ether oxygens (including phenoxy) is 2.